The first-order valence-electron chi connectivity index (χ1n) is 8.28. The molecule has 4 rings (SSSR count). The van der Waals surface area contributed by atoms with E-state index in [1.165, 1.54) is 0 Å². The third kappa shape index (κ3) is 2.17. The van der Waals surface area contributed by atoms with Crippen molar-refractivity contribution in [3.05, 3.63) is 0 Å². The van der Waals surface area contributed by atoms with Gasteiger partial charge in [0, 0.05) is 12.0 Å². The molecule has 21 heavy (non-hydrogen) atoms. The summed E-state index contributed by atoms with van der Waals surface area (Å²) in [4.78, 5) is 24.1. The van der Waals surface area contributed by atoms with Crippen molar-refractivity contribution in [2.45, 2.75) is 50.7 Å². The number of fused-ring (bicyclic) bond motifs is 4. The van der Waals surface area contributed by atoms with E-state index >= 15 is 0 Å². The Hall–Kier alpha value is -1.10. The van der Waals surface area contributed by atoms with Crippen LogP contribution in [0.2, 0.25) is 0 Å². The average Bonchev–Trinajstić information content (AvgIpc) is 3.14. The molecule has 0 aromatic rings. The summed E-state index contributed by atoms with van der Waals surface area (Å²) in [5, 5.41) is 12.6. The molecule has 5 heteroatoms. The maximum absolute atomic E-state index is 12.6. The van der Waals surface area contributed by atoms with Gasteiger partial charge in [-0.2, -0.15) is 0 Å². The molecule has 3 saturated carbocycles. The molecule has 4 aliphatic rings. The first kappa shape index (κ1) is 13.6. The van der Waals surface area contributed by atoms with Crippen molar-refractivity contribution in [3.63, 3.8) is 0 Å². The Morgan fingerprint density at radius 2 is 1.81 bits per heavy atom. The Kier molecular flexibility index (Phi) is 3.21. The number of carboxylic acids is 1. The molecule has 116 valence electrons. The van der Waals surface area contributed by atoms with E-state index < -0.39 is 5.97 Å². The third-order valence-electron chi connectivity index (χ3n) is 6.33. The van der Waals surface area contributed by atoms with E-state index in [4.69, 9.17) is 4.74 Å². The van der Waals surface area contributed by atoms with E-state index in [9.17, 15) is 14.7 Å². The lowest BCUT2D eigenvalue weighted by Crippen LogP contribution is -2.50. The van der Waals surface area contributed by atoms with Crippen LogP contribution >= 0.6 is 0 Å². The van der Waals surface area contributed by atoms with Crippen LogP contribution in [0.15, 0.2) is 0 Å². The molecule has 5 nitrogen and oxygen atoms in total. The fraction of sp³-hybridized carbons (Fsp3) is 0.875. The van der Waals surface area contributed by atoms with Crippen molar-refractivity contribution in [2.24, 2.45) is 29.6 Å². The van der Waals surface area contributed by atoms with Gasteiger partial charge in [0.2, 0.25) is 5.91 Å². The normalized spacial score (nSPS) is 47.5. The molecule has 1 saturated heterocycles. The molecule has 0 spiro atoms. The lowest BCUT2D eigenvalue weighted by molar-refractivity contribution is -0.145. The van der Waals surface area contributed by atoms with Gasteiger partial charge in [-0.1, -0.05) is 0 Å². The Morgan fingerprint density at radius 3 is 2.62 bits per heavy atom. The van der Waals surface area contributed by atoms with Crippen LogP contribution in [0.1, 0.15) is 38.5 Å². The average molecular weight is 293 g/mol. The second-order valence-electron chi connectivity index (χ2n) is 7.37. The van der Waals surface area contributed by atoms with Gasteiger partial charge in [0.05, 0.1) is 18.6 Å². The van der Waals surface area contributed by atoms with Crippen LogP contribution in [-0.4, -0.2) is 35.7 Å². The second kappa shape index (κ2) is 4.97. The van der Waals surface area contributed by atoms with Gasteiger partial charge < -0.3 is 15.2 Å². The number of ether oxygens (including phenoxy) is 1. The fourth-order valence-electron chi connectivity index (χ4n) is 5.29. The van der Waals surface area contributed by atoms with Crippen LogP contribution in [-0.2, 0) is 14.3 Å². The lowest BCUT2D eigenvalue weighted by Gasteiger charge is -2.32. The zero-order valence-corrected chi connectivity index (χ0v) is 12.2. The minimum atomic E-state index is -0.736. The molecule has 4 bridgehead atoms. The summed E-state index contributed by atoms with van der Waals surface area (Å²) in [5.41, 5.74) is 0. The van der Waals surface area contributed by atoms with Gasteiger partial charge in [0.25, 0.3) is 0 Å². The number of aliphatic carboxylic acids is 1. The Morgan fingerprint density at radius 1 is 1.00 bits per heavy atom. The largest absolute Gasteiger partial charge is 0.481 e. The fourth-order valence-corrected chi connectivity index (χ4v) is 5.29. The molecular weight excluding hydrogens is 270 g/mol. The SMILES string of the molecule is O=C(O)[C@H]1[C@@H]2CC[C@@H](C2)[C@H]1NC(=O)[C@@H]1CC[C@H]2C[C@@H]1CO2. The summed E-state index contributed by atoms with van der Waals surface area (Å²) in [6.45, 7) is 0.696. The highest BCUT2D eigenvalue weighted by molar-refractivity contribution is 5.81. The van der Waals surface area contributed by atoms with Gasteiger partial charge in [-0.15, -0.1) is 0 Å². The van der Waals surface area contributed by atoms with Gasteiger partial charge in [-0.05, 0) is 56.3 Å². The standard InChI is InChI=1S/C16H23NO4/c18-15(12-4-3-11-6-10(12)7-21-11)17-14-9-2-1-8(5-9)13(14)16(19)20/h8-14H,1-7H2,(H,17,18)(H,19,20)/t8-,9+,10-,11+,12-,13+,14-/m1/s1. The van der Waals surface area contributed by atoms with Crippen LogP contribution in [0.4, 0.5) is 0 Å². The van der Waals surface area contributed by atoms with Crippen LogP contribution in [0.25, 0.3) is 0 Å². The summed E-state index contributed by atoms with van der Waals surface area (Å²) < 4.78 is 5.66. The number of hydrogen-bond acceptors (Lipinski definition) is 3. The number of nitrogens with one attached hydrogen (secondary N) is 1. The first-order valence-corrected chi connectivity index (χ1v) is 8.28. The van der Waals surface area contributed by atoms with Gasteiger partial charge in [-0.25, -0.2) is 0 Å². The van der Waals surface area contributed by atoms with Crippen molar-refractivity contribution in [2.75, 3.05) is 6.61 Å². The van der Waals surface area contributed by atoms with Crippen LogP contribution < -0.4 is 5.32 Å². The summed E-state index contributed by atoms with van der Waals surface area (Å²) in [6, 6.07) is -0.145. The van der Waals surface area contributed by atoms with Gasteiger partial charge in [0.15, 0.2) is 0 Å². The van der Waals surface area contributed by atoms with Crippen molar-refractivity contribution >= 4 is 11.9 Å². The van der Waals surface area contributed by atoms with Crippen LogP contribution in [0.5, 0.6) is 0 Å². The van der Waals surface area contributed by atoms with E-state index in [-0.39, 0.29) is 29.7 Å². The predicted molar refractivity (Wildman–Crippen MR) is 74.5 cm³/mol. The number of carbonyl (C=O) groups excluding carboxylic acids is 1. The van der Waals surface area contributed by atoms with Gasteiger partial charge in [-0.3, -0.25) is 9.59 Å². The highest BCUT2D eigenvalue weighted by atomic mass is 16.5. The Labute approximate surface area is 124 Å². The van der Waals surface area contributed by atoms with E-state index in [0.29, 0.717) is 24.5 Å². The van der Waals surface area contributed by atoms with E-state index in [1.807, 2.05) is 0 Å². The van der Waals surface area contributed by atoms with Crippen molar-refractivity contribution in [1.29, 1.82) is 0 Å². The lowest BCUT2D eigenvalue weighted by atomic mass is 9.79. The summed E-state index contributed by atoms with van der Waals surface area (Å²) in [6.07, 6.45) is 6.26. The monoisotopic (exact) mass is 293 g/mol. The van der Waals surface area contributed by atoms with Gasteiger partial charge in [0.1, 0.15) is 0 Å². The zero-order valence-electron chi connectivity index (χ0n) is 12.2. The number of amides is 1. The minimum absolute atomic E-state index is 0.0253. The van der Waals surface area contributed by atoms with E-state index in [1.54, 1.807) is 0 Å². The number of carboxylic acid groups (broad SMARTS) is 1. The Bertz CT molecular complexity index is 465. The molecule has 0 aromatic heterocycles. The third-order valence-corrected chi connectivity index (χ3v) is 6.33. The highest BCUT2D eigenvalue weighted by Gasteiger charge is 2.52. The van der Waals surface area contributed by atoms with Gasteiger partial charge >= 0.3 is 5.97 Å². The molecule has 1 heterocycles. The molecule has 3 aliphatic carbocycles. The molecular formula is C16H23NO4. The maximum atomic E-state index is 12.6. The highest BCUT2D eigenvalue weighted by Crippen LogP contribution is 2.49. The van der Waals surface area contributed by atoms with Crippen LogP contribution in [0, 0.1) is 29.6 Å². The molecule has 0 aromatic carbocycles. The molecule has 1 aliphatic heterocycles. The second-order valence-corrected chi connectivity index (χ2v) is 7.37. The van der Waals surface area contributed by atoms with Crippen LogP contribution in [0.3, 0.4) is 0 Å². The molecule has 1 amide bonds. The topological polar surface area (TPSA) is 75.6 Å². The number of hydrogen-bond donors (Lipinski definition) is 2. The minimum Gasteiger partial charge on any atom is -0.481 e. The maximum Gasteiger partial charge on any atom is 0.308 e. The molecule has 4 fully saturated rings. The first-order chi connectivity index (χ1) is 10.1. The number of carbonyl (C=O) groups is 2. The molecule has 0 unspecified atom stereocenters. The quantitative estimate of drug-likeness (QED) is 0.825. The van der Waals surface area contributed by atoms with E-state index in [0.717, 1.165) is 38.5 Å². The van der Waals surface area contributed by atoms with Crippen molar-refractivity contribution < 1.29 is 19.4 Å². The summed E-state index contributed by atoms with van der Waals surface area (Å²) in [7, 11) is 0. The molecule has 2 N–H and O–H groups in total. The summed E-state index contributed by atoms with van der Waals surface area (Å²) in [5.74, 6) is -0.0282. The number of rotatable bonds is 3. The zero-order chi connectivity index (χ0) is 14.6. The van der Waals surface area contributed by atoms with Crippen molar-refractivity contribution in [3.8, 4) is 0 Å². The molecule has 7 atom stereocenters. The summed E-state index contributed by atoms with van der Waals surface area (Å²) >= 11 is 0. The van der Waals surface area contributed by atoms with E-state index in [2.05, 4.69) is 5.32 Å². The van der Waals surface area contributed by atoms with Crippen molar-refractivity contribution in [1.82, 2.24) is 5.32 Å². The molecule has 0 radical (unpaired) electrons. The predicted octanol–water partition coefficient (Wildman–Crippen LogP) is 1.42. The smallest absolute Gasteiger partial charge is 0.308 e. The Balaban J connectivity index is 1.45.